The fraction of sp³-hybridized carbons (Fsp3) is 0.800. The van der Waals surface area contributed by atoms with E-state index in [1.54, 1.807) is 0 Å². The molecule has 8 heteroatoms. The van der Waals surface area contributed by atoms with E-state index in [0.717, 1.165) is 6.92 Å². The lowest BCUT2D eigenvalue weighted by molar-refractivity contribution is -0.134. The third-order valence-electron chi connectivity index (χ3n) is 0.1000. The largest absolute Gasteiger partial charge is 0.481 e. The van der Waals surface area contributed by atoms with Crippen molar-refractivity contribution in [1.29, 1.82) is 0 Å². The summed E-state index contributed by atoms with van der Waals surface area (Å²) in [6.07, 6.45) is 0.715. The molecule has 0 rings (SSSR count). The van der Waals surface area contributed by atoms with E-state index in [-0.39, 0.29) is 13.2 Å². The van der Waals surface area contributed by atoms with E-state index in [1.165, 1.54) is 0 Å². The van der Waals surface area contributed by atoms with Gasteiger partial charge in [-0.25, -0.2) is 0 Å². The predicted molar refractivity (Wildman–Crippen MR) is 45.0 cm³/mol. The van der Waals surface area contributed by atoms with E-state index in [2.05, 4.69) is 0 Å². The molecule has 0 aromatic carbocycles. The molecule has 0 atom stereocenters. The molecular formula is C5H14O7S. The van der Waals surface area contributed by atoms with E-state index < -0.39 is 16.1 Å². The Morgan fingerprint density at radius 2 is 1.31 bits per heavy atom. The Morgan fingerprint density at radius 1 is 1.23 bits per heavy atom. The molecule has 0 amide bonds. The quantitative estimate of drug-likeness (QED) is 0.396. The average Bonchev–Trinajstić information content (AvgIpc) is 1.82. The molecule has 0 saturated heterocycles. The fourth-order valence-corrected chi connectivity index (χ4v) is 0. The Kier molecular flexibility index (Phi) is 15.8. The fourth-order valence-electron chi connectivity index (χ4n) is 0. The smallest absolute Gasteiger partial charge is 0.300 e. The number of hydrogen-bond donors (Lipinski definition) is 4. The van der Waals surface area contributed by atoms with E-state index >= 15 is 0 Å². The van der Waals surface area contributed by atoms with Crippen LogP contribution in [-0.4, -0.2) is 53.7 Å². The highest BCUT2D eigenvalue weighted by molar-refractivity contribution is 7.85. The van der Waals surface area contributed by atoms with Crippen molar-refractivity contribution >= 4 is 16.1 Å². The number of hydrogen-bond acceptors (Lipinski definition) is 5. The van der Waals surface area contributed by atoms with Crippen LogP contribution in [0.3, 0.4) is 0 Å². The van der Waals surface area contributed by atoms with E-state index in [9.17, 15) is 8.42 Å². The van der Waals surface area contributed by atoms with Gasteiger partial charge in [0.05, 0.1) is 19.5 Å². The molecule has 0 radical (unpaired) electrons. The van der Waals surface area contributed by atoms with Crippen LogP contribution in [0.5, 0.6) is 0 Å². The maximum Gasteiger partial charge on any atom is 0.300 e. The lowest BCUT2D eigenvalue weighted by Gasteiger charge is -1.70. The summed E-state index contributed by atoms with van der Waals surface area (Å²) in [7, 11) is -3.67. The van der Waals surface area contributed by atoms with Crippen molar-refractivity contribution in [1.82, 2.24) is 0 Å². The van der Waals surface area contributed by atoms with E-state index in [0.29, 0.717) is 6.26 Å². The van der Waals surface area contributed by atoms with Crippen LogP contribution in [0.25, 0.3) is 0 Å². The molecule has 0 spiro atoms. The first-order chi connectivity index (χ1) is 5.65. The van der Waals surface area contributed by atoms with Crippen LogP contribution < -0.4 is 0 Å². The SMILES string of the molecule is CC(=O)O.CS(=O)(=O)O.OCCO. The Balaban J connectivity index is -0.000000117. The third kappa shape index (κ3) is 10900. The molecule has 82 valence electrons. The molecule has 7 nitrogen and oxygen atoms in total. The number of aliphatic hydroxyl groups excluding tert-OH is 2. The minimum atomic E-state index is -3.67. The summed E-state index contributed by atoms with van der Waals surface area (Å²) in [5, 5.41) is 22.7. The molecule has 4 N–H and O–H groups in total. The summed E-state index contributed by atoms with van der Waals surface area (Å²) in [5.74, 6) is -0.833. The zero-order chi connectivity index (χ0) is 11.5. The zero-order valence-electron chi connectivity index (χ0n) is 7.34. The molecule has 13 heavy (non-hydrogen) atoms. The highest BCUT2D eigenvalue weighted by atomic mass is 32.2. The van der Waals surface area contributed by atoms with Crippen LogP contribution >= 0.6 is 0 Å². The summed E-state index contributed by atoms with van der Waals surface area (Å²) in [6.45, 7) is 0.833. The van der Waals surface area contributed by atoms with Crippen LogP contribution in [0.4, 0.5) is 0 Å². The van der Waals surface area contributed by atoms with Gasteiger partial charge in [0.1, 0.15) is 0 Å². The van der Waals surface area contributed by atoms with Crippen molar-refractivity contribution in [2.45, 2.75) is 6.92 Å². The van der Waals surface area contributed by atoms with Gasteiger partial charge in [-0.3, -0.25) is 9.35 Å². The van der Waals surface area contributed by atoms with Crippen molar-refractivity contribution in [2.24, 2.45) is 0 Å². The van der Waals surface area contributed by atoms with Crippen molar-refractivity contribution in [3.63, 3.8) is 0 Å². The second-order valence-electron chi connectivity index (χ2n) is 1.70. The molecule has 0 aliphatic rings. The molecular weight excluding hydrogens is 204 g/mol. The van der Waals surface area contributed by atoms with Gasteiger partial charge < -0.3 is 15.3 Å². The van der Waals surface area contributed by atoms with Crippen molar-refractivity contribution in [2.75, 3.05) is 19.5 Å². The van der Waals surface area contributed by atoms with Gasteiger partial charge >= 0.3 is 0 Å². The minimum Gasteiger partial charge on any atom is -0.481 e. The Hall–Kier alpha value is -0.700. The molecule has 0 saturated carbocycles. The summed E-state index contributed by atoms with van der Waals surface area (Å²) in [4.78, 5) is 9.00. The zero-order valence-corrected chi connectivity index (χ0v) is 8.15. The molecule has 0 heterocycles. The first-order valence-corrected chi connectivity index (χ1v) is 4.83. The summed E-state index contributed by atoms with van der Waals surface area (Å²) >= 11 is 0. The molecule has 0 aromatic heterocycles. The molecule has 0 bridgehead atoms. The average molecular weight is 218 g/mol. The monoisotopic (exact) mass is 218 g/mol. The number of carboxylic acids is 1. The predicted octanol–water partition coefficient (Wildman–Crippen LogP) is -1.43. The second-order valence-corrected chi connectivity index (χ2v) is 3.17. The minimum absolute atomic E-state index is 0.125. The van der Waals surface area contributed by atoms with Gasteiger partial charge in [-0.1, -0.05) is 0 Å². The van der Waals surface area contributed by atoms with E-state index in [1.807, 2.05) is 0 Å². The first-order valence-electron chi connectivity index (χ1n) is 2.98. The highest BCUT2D eigenvalue weighted by Crippen LogP contribution is 1.60. The van der Waals surface area contributed by atoms with Crippen LogP contribution in [0.15, 0.2) is 0 Å². The number of rotatable bonds is 1. The van der Waals surface area contributed by atoms with Gasteiger partial charge in [-0.05, 0) is 0 Å². The summed E-state index contributed by atoms with van der Waals surface area (Å²) < 4.78 is 25.9. The van der Waals surface area contributed by atoms with Crippen LogP contribution in [0.2, 0.25) is 0 Å². The van der Waals surface area contributed by atoms with Gasteiger partial charge in [-0.2, -0.15) is 8.42 Å². The van der Waals surface area contributed by atoms with Gasteiger partial charge in [-0.15, -0.1) is 0 Å². The molecule has 0 aliphatic heterocycles. The number of aliphatic hydroxyl groups is 2. The maximum absolute atomic E-state index is 9.19. The van der Waals surface area contributed by atoms with Crippen LogP contribution in [0.1, 0.15) is 6.92 Å². The number of carbonyl (C=O) groups is 1. The lowest BCUT2D eigenvalue weighted by atomic mass is 10.8. The van der Waals surface area contributed by atoms with Crippen molar-refractivity contribution in [3.8, 4) is 0 Å². The maximum atomic E-state index is 9.19. The molecule has 0 aliphatic carbocycles. The Labute approximate surface area is 76.4 Å². The molecule has 0 unspecified atom stereocenters. The highest BCUT2D eigenvalue weighted by Gasteiger charge is 1.81. The lowest BCUT2D eigenvalue weighted by Crippen LogP contribution is -1.88. The van der Waals surface area contributed by atoms with Gasteiger partial charge in [0.15, 0.2) is 0 Å². The summed E-state index contributed by atoms with van der Waals surface area (Å²) in [6, 6.07) is 0. The topological polar surface area (TPSA) is 132 Å². The van der Waals surface area contributed by atoms with Gasteiger partial charge in [0.25, 0.3) is 16.1 Å². The number of aliphatic carboxylic acids is 1. The molecule has 0 fully saturated rings. The van der Waals surface area contributed by atoms with Crippen molar-refractivity contribution < 1.29 is 33.1 Å². The van der Waals surface area contributed by atoms with Crippen LogP contribution in [-0.2, 0) is 14.9 Å². The van der Waals surface area contributed by atoms with E-state index in [4.69, 9.17) is 24.7 Å². The van der Waals surface area contributed by atoms with Crippen LogP contribution in [0, 0.1) is 0 Å². The Bertz CT molecular complexity index is 181. The molecule has 0 aromatic rings. The first kappa shape index (κ1) is 18.2. The Morgan fingerprint density at radius 3 is 1.31 bits per heavy atom. The van der Waals surface area contributed by atoms with Crippen molar-refractivity contribution in [3.05, 3.63) is 0 Å². The van der Waals surface area contributed by atoms with Gasteiger partial charge in [0, 0.05) is 6.92 Å². The second kappa shape index (κ2) is 11.3. The standard InChI is InChI=1S/C2H4O2.C2H6O2.CH4O3S/c1-2(3)4;3-1-2-4;1-5(2,3)4/h1H3,(H,3,4);3-4H,1-2H2;1H3,(H,2,3,4). The van der Waals surface area contributed by atoms with Gasteiger partial charge in [0.2, 0.25) is 0 Å². The normalized spacial score (nSPS) is 8.69. The number of carboxylic acid groups (broad SMARTS) is 1. The third-order valence-corrected chi connectivity index (χ3v) is 0.1000. The summed E-state index contributed by atoms with van der Waals surface area (Å²) in [5.41, 5.74) is 0.